The molecular formula is C16H22O3S. The van der Waals surface area contributed by atoms with Gasteiger partial charge >= 0.3 is 0 Å². The van der Waals surface area contributed by atoms with Crippen LogP contribution in [0.3, 0.4) is 0 Å². The first-order valence-corrected chi connectivity index (χ1v) is 8.06. The Morgan fingerprint density at radius 1 is 1.30 bits per heavy atom. The summed E-state index contributed by atoms with van der Waals surface area (Å²) in [5.74, 6) is 0. The van der Waals surface area contributed by atoms with Crippen LogP contribution >= 0.6 is 0 Å². The first kappa shape index (κ1) is 16.7. The molecule has 0 aliphatic heterocycles. The fourth-order valence-corrected chi connectivity index (χ4v) is 3.97. The number of rotatable bonds is 7. The molecule has 0 bridgehead atoms. The Balaban J connectivity index is 3.19. The second-order valence-corrected chi connectivity index (χ2v) is 7.27. The number of hydrogen-bond donors (Lipinski definition) is 1. The average Bonchev–Trinajstić information content (AvgIpc) is 2.37. The lowest BCUT2D eigenvalue weighted by atomic mass is 9.96. The maximum Gasteiger partial charge on any atom is 0.187 e. The molecule has 0 aliphatic rings. The van der Waals surface area contributed by atoms with Crippen LogP contribution < -0.4 is 0 Å². The summed E-state index contributed by atoms with van der Waals surface area (Å²) in [5, 5.41) is 9.41. The van der Waals surface area contributed by atoms with Gasteiger partial charge < -0.3 is 5.11 Å². The number of aliphatic hydroxyl groups is 1. The van der Waals surface area contributed by atoms with E-state index < -0.39 is 20.7 Å². The van der Waals surface area contributed by atoms with Gasteiger partial charge in [0, 0.05) is 0 Å². The highest BCUT2D eigenvalue weighted by Gasteiger charge is 2.39. The minimum atomic E-state index is -3.66. The van der Waals surface area contributed by atoms with E-state index in [0.717, 1.165) is 5.56 Å². The van der Waals surface area contributed by atoms with Crippen LogP contribution in [0.4, 0.5) is 0 Å². The van der Waals surface area contributed by atoms with Gasteiger partial charge in [-0.1, -0.05) is 29.8 Å². The van der Waals surface area contributed by atoms with Crippen molar-refractivity contribution in [1.29, 1.82) is 0 Å². The summed E-state index contributed by atoms with van der Waals surface area (Å²) in [6.45, 7) is 10.6. The van der Waals surface area contributed by atoms with Crippen LogP contribution in [-0.2, 0) is 9.84 Å². The third-order valence-corrected chi connectivity index (χ3v) is 5.66. The van der Waals surface area contributed by atoms with E-state index in [4.69, 9.17) is 0 Å². The molecule has 1 aromatic rings. The van der Waals surface area contributed by atoms with Gasteiger partial charge in [-0.3, -0.25) is 0 Å². The van der Waals surface area contributed by atoms with Crippen LogP contribution in [0, 0.1) is 6.92 Å². The lowest BCUT2D eigenvalue weighted by Crippen LogP contribution is -2.43. The van der Waals surface area contributed by atoms with Crippen molar-refractivity contribution in [2.24, 2.45) is 0 Å². The third kappa shape index (κ3) is 3.58. The molecule has 0 aromatic heterocycles. The molecule has 20 heavy (non-hydrogen) atoms. The van der Waals surface area contributed by atoms with E-state index in [-0.39, 0.29) is 4.90 Å². The van der Waals surface area contributed by atoms with Crippen LogP contribution in [0.1, 0.15) is 25.3 Å². The third-order valence-electron chi connectivity index (χ3n) is 3.37. The molecule has 1 N–H and O–H groups in total. The van der Waals surface area contributed by atoms with E-state index in [1.807, 2.05) is 6.92 Å². The second kappa shape index (κ2) is 6.37. The summed E-state index contributed by atoms with van der Waals surface area (Å²) < 4.78 is 25.3. The molecule has 2 atom stereocenters. The lowest BCUT2D eigenvalue weighted by molar-refractivity contribution is 0.0581. The van der Waals surface area contributed by atoms with Gasteiger partial charge in [0.05, 0.1) is 10.5 Å². The zero-order valence-corrected chi connectivity index (χ0v) is 12.9. The fraction of sp³-hybridized carbons (Fsp3) is 0.375. The van der Waals surface area contributed by atoms with Gasteiger partial charge in [0.25, 0.3) is 0 Å². The van der Waals surface area contributed by atoms with E-state index in [9.17, 15) is 13.5 Å². The Hall–Kier alpha value is -1.39. The average molecular weight is 294 g/mol. The molecule has 1 rings (SSSR count). The van der Waals surface area contributed by atoms with Crippen molar-refractivity contribution in [2.75, 3.05) is 0 Å². The molecule has 0 radical (unpaired) electrons. The summed E-state index contributed by atoms with van der Waals surface area (Å²) in [6.07, 6.45) is 3.82. The van der Waals surface area contributed by atoms with Crippen LogP contribution in [0.25, 0.3) is 0 Å². The zero-order valence-electron chi connectivity index (χ0n) is 12.0. The Morgan fingerprint density at radius 3 is 2.30 bits per heavy atom. The van der Waals surface area contributed by atoms with Crippen molar-refractivity contribution in [1.82, 2.24) is 0 Å². The molecular weight excluding hydrogens is 272 g/mol. The van der Waals surface area contributed by atoms with Gasteiger partial charge in [-0.05, 0) is 38.8 Å². The van der Waals surface area contributed by atoms with Gasteiger partial charge in [0.1, 0.15) is 5.25 Å². The maximum atomic E-state index is 12.6. The van der Waals surface area contributed by atoms with Gasteiger partial charge in [-0.15, -0.1) is 13.2 Å². The summed E-state index contributed by atoms with van der Waals surface area (Å²) in [5.41, 5.74) is -0.392. The second-order valence-electron chi connectivity index (χ2n) is 5.20. The molecule has 0 aliphatic carbocycles. The van der Waals surface area contributed by atoms with Gasteiger partial charge in [0.15, 0.2) is 9.84 Å². The Bertz CT molecular complexity index is 568. The van der Waals surface area contributed by atoms with Crippen molar-refractivity contribution in [2.45, 2.75) is 42.4 Å². The largest absolute Gasteiger partial charge is 0.388 e. The zero-order chi connectivity index (χ0) is 15.4. The minimum absolute atomic E-state index is 0.201. The molecule has 0 amide bonds. The summed E-state index contributed by atoms with van der Waals surface area (Å²) in [4.78, 5) is 0.201. The normalized spacial score (nSPS) is 16.1. The Morgan fingerprint density at radius 2 is 1.85 bits per heavy atom. The van der Waals surface area contributed by atoms with Crippen LogP contribution in [0.15, 0.2) is 54.5 Å². The lowest BCUT2D eigenvalue weighted by Gasteiger charge is -2.30. The molecule has 0 unspecified atom stereocenters. The standard InChI is InChI=1S/C16H22O3S/c1-5-7-12-16(4,17)15(6-2)20(18,19)14-10-8-13(3)9-11-14/h5-6,8-11,15,17H,1-2,7,12H2,3-4H3/t15-,16+/m0/s1. The highest BCUT2D eigenvalue weighted by Crippen LogP contribution is 2.29. The van der Waals surface area contributed by atoms with Crippen molar-refractivity contribution in [3.05, 3.63) is 55.1 Å². The van der Waals surface area contributed by atoms with Gasteiger partial charge in [0.2, 0.25) is 0 Å². The molecule has 1 aromatic carbocycles. The number of allylic oxidation sites excluding steroid dienone is 1. The van der Waals surface area contributed by atoms with Gasteiger partial charge in [-0.2, -0.15) is 0 Å². The first-order chi connectivity index (χ1) is 9.25. The topological polar surface area (TPSA) is 54.4 Å². The van der Waals surface area contributed by atoms with Crippen molar-refractivity contribution in [3.63, 3.8) is 0 Å². The smallest absolute Gasteiger partial charge is 0.187 e. The molecule has 110 valence electrons. The predicted octanol–water partition coefficient (Wildman–Crippen LogP) is 3.04. The number of sulfone groups is 1. The minimum Gasteiger partial charge on any atom is -0.388 e. The summed E-state index contributed by atoms with van der Waals surface area (Å²) in [6, 6.07) is 6.60. The van der Waals surface area contributed by atoms with E-state index in [2.05, 4.69) is 13.2 Å². The SMILES string of the molecule is C=CCC[C@@](C)(O)[C@H](C=C)S(=O)(=O)c1ccc(C)cc1. The molecule has 4 heteroatoms. The van der Waals surface area contributed by atoms with E-state index in [1.54, 1.807) is 30.3 Å². The number of hydrogen-bond acceptors (Lipinski definition) is 3. The summed E-state index contributed by atoms with van der Waals surface area (Å²) in [7, 11) is -3.66. The summed E-state index contributed by atoms with van der Waals surface area (Å²) >= 11 is 0. The van der Waals surface area contributed by atoms with Crippen LogP contribution in [0.2, 0.25) is 0 Å². The van der Waals surface area contributed by atoms with Crippen molar-refractivity contribution >= 4 is 9.84 Å². The van der Waals surface area contributed by atoms with E-state index in [1.165, 1.54) is 13.0 Å². The molecule has 0 spiro atoms. The predicted molar refractivity (Wildman–Crippen MR) is 82.4 cm³/mol. The molecule has 0 fully saturated rings. The highest BCUT2D eigenvalue weighted by atomic mass is 32.2. The van der Waals surface area contributed by atoms with E-state index in [0.29, 0.717) is 12.8 Å². The van der Waals surface area contributed by atoms with Crippen molar-refractivity contribution < 1.29 is 13.5 Å². The van der Waals surface area contributed by atoms with Crippen molar-refractivity contribution in [3.8, 4) is 0 Å². The van der Waals surface area contributed by atoms with Crippen LogP contribution in [0.5, 0.6) is 0 Å². The first-order valence-electron chi connectivity index (χ1n) is 6.52. The highest BCUT2D eigenvalue weighted by molar-refractivity contribution is 7.92. The monoisotopic (exact) mass is 294 g/mol. The maximum absolute atomic E-state index is 12.6. The number of aryl methyl sites for hydroxylation is 1. The molecule has 3 nitrogen and oxygen atoms in total. The van der Waals surface area contributed by atoms with E-state index >= 15 is 0 Å². The molecule has 0 heterocycles. The molecule has 0 saturated carbocycles. The fourth-order valence-electron chi connectivity index (χ4n) is 2.13. The number of benzene rings is 1. The quantitative estimate of drug-likeness (QED) is 0.786. The van der Waals surface area contributed by atoms with Crippen LogP contribution in [-0.4, -0.2) is 24.4 Å². The Kier molecular flexibility index (Phi) is 5.31. The van der Waals surface area contributed by atoms with Gasteiger partial charge in [-0.25, -0.2) is 8.42 Å². The Labute approximate surface area is 121 Å². The molecule has 0 saturated heterocycles.